The molecule has 0 amide bonds. The molecule has 62 valence electrons. The molecule has 0 fully saturated rings. The van der Waals surface area contributed by atoms with Gasteiger partial charge < -0.3 is 0 Å². The SMILES string of the molecule is C.CCC[CH2][Sn][CH2]CCC. The van der Waals surface area contributed by atoms with Gasteiger partial charge >= 0.3 is 69.5 Å². The first-order chi connectivity index (χ1) is 4.41. The first-order valence-electron chi connectivity index (χ1n) is 4.12. The van der Waals surface area contributed by atoms with Crippen LogP contribution in [0.3, 0.4) is 0 Å². The van der Waals surface area contributed by atoms with Crippen molar-refractivity contribution in [3.8, 4) is 0 Å². The van der Waals surface area contributed by atoms with Crippen molar-refractivity contribution in [3.63, 3.8) is 0 Å². The summed E-state index contributed by atoms with van der Waals surface area (Å²) in [4.78, 5) is 0. The molecule has 0 heterocycles. The van der Waals surface area contributed by atoms with E-state index in [-0.39, 0.29) is 28.6 Å². The molecule has 0 aliphatic heterocycles. The van der Waals surface area contributed by atoms with Gasteiger partial charge in [0.25, 0.3) is 0 Å². The van der Waals surface area contributed by atoms with Gasteiger partial charge in [-0.25, -0.2) is 0 Å². The number of unbranched alkanes of at least 4 members (excludes halogenated alkanes) is 2. The zero-order valence-electron chi connectivity index (χ0n) is 6.74. The van der Waals surface area contributed by atoms with E-state index < -0.39 is 0 Å². The minimum absolute atomic E-state index is 0. The average Bonchev–Trinajstić information content (AvgIpc) is 1.89. The van der Waals surface area contributed by atoms with E-state index in [0.717, 1.165) is 0 Å². The molecule has 2 radical (unpaired) electrons. The Morgan fingerprint density at radius 3 is 1.60 bits per heavy atom. The minimum atomic E-state index is 0. The van der Waals surface area contributed by atoms with Crippen LogP contribution in [0, 0.1) is 0 Å². The van der Waals surface area contributed by atoms with Crippen LogP contribution in [0.1, 0.15) is 47.0 Å². The second-order valence-electron chi connectivity index (χ2n) is 2.46. The van der Waals surface area contributed by atoms with Gasteiger partial charge in [-0.2, -0.15) is 0 Å². The molecule has 0 N–H and O–H groups in total. The van der Waals surface area contributed by atoms with Crippen molar-refractivity contribution in [1.29, 1.82) is 0 Å². The molecule has 0 unspecified atom stereocenters. The van der Waals surface area contributed by atoms with E-state index in [1.807, 2.05) is 0 Å². The molecular formula is C9H22Sn. The van der Waals surface area contributed by atoms with Gasteiger partial charge in [-0.05, 0) is 0 Å². The molecule has 0 bridgehead atoms. The van der Waals surface area contributed by atoms with Gasteiger partial charge in [0.05, 0.1) is 0 Å². The molecular weight excluding hydrogens is 227 g/mol. The van der Waals surface area contributed by atoms with Crippen molar-refractivity contribution in [1.82, 2.24) is 0 Å². The third-order valence-corrected chi connectivity index (χ3v) is 5.45. The fourth-order valence-electron chi connectivity index (χ4n) is 0.729. The summed E-state index contributed by atoms with van der Waals surface area (Å²) in [5.41, 5.74) is 0. The second-order valence-corrected chi connectivity index (χ2v) is 6.74. The molecule has 1 heteroatoms. The van der Waals surface area contributed by atoms with E-state index in [1.165, 1.54) is 25.7 Å². The van der Waals surface area contributed by atoms with Crippen molar-refractivity contribution in [2.24, 2.45) is 0 Å². The summed E-state index contributed by atoms with van der Waals surface area (Å²) in [6, 6.07) is 0. The first kappa shape index (κ1) is 13.4. The summed E-state index contributed by atoms with van der Waals surface area (Å²) in [5.74, 6) is 0. The van der Waals surface area contributed by atoms with E-state index in [2.05, 4.69) is 13.8 Å². The fraction of sp³-hybridized carbons (Fsp3) is 1.00. The molecule has 0 aromatic carbocycles. The van der Waals surface area contributed by atoms with Crippen LogP contribution in [0.4, 0.5) is 0 Å². The van der Waals surface area contributed by atoms with Crippen molar-refractivity contribution in [2.75, 3.05) is 0 Å². The summed E-state index contributed by atoms with van der Waals surface area (Å²) in [6.45, 7) is 4.58. The van der Waals surface area contributed by atoms with Gasteiger partial charge in [0.15, 0.2) is 0 Å². The van der Waals surface area contributed by atoms with E-state index in [1.54, 1.807) is 8.87 Å². The molecule has 0 aliphatic carbocycles. The Labute approximate surface area is 77.0 Å². The number of hydrogen-bond acceptors (Lipinski definition) is 0. The Morgan fingerprint density at radius 2 is 1.30 bits per heavy atom. The van der Waals surface area contributed by atoms with Crippen LogP contribution in [0.15, 0.2) is 0 Å². The molecule has 10 heavy (non-hydrogen) atoms. The maximum absolute atomic E-state index is 2.29. The quantitative estimate of drug-likeness (QED) is 0.496. The molecule has 0 rings (SSSR count). The molecule has 0 nitrogen and oxygen atoms in total. The number of hydrogen-bond donors (Lipinski definition) is 0. The maximum atomic E-state index is 2.29. The third-order valence-electron chi connectivity index (χ3n) is 1.41. The van der Waals surface area contributed by atoms with Crippen molar-refractivity contribution < 1.29 is 0 Å². The van der Waals surface area contributed by atoms with E-state index >= 15 is 0 Å². The predicted molar refractivity (Wildman–Crippen MR) is 51.9 cm³/mol. The van der Waals surface area contributed by atoms with Crippen LogP contribution in [-0.2, 0) is 0 Å². The molecule has 0 aromatic heterocycles. The van der Waals surface area contributed by atoms with Gasteiger partial charge in [0.1, 0.15) is 0 Å². The zero-order chi connectivity index (χ0) is 6.95. The van der Waals surface area contributed by atoms with E-state index in [9.17, 15) is 0 Å². The summed E-state index contributed by atoms with van der Waals surface area (Å²) in [6.07, 6.45) is 5.84. The molecule has 0 atom stereocenters. The predicted octanol–water partition coefficient (Wildman–Crippen LogP) is 3.76. The van der Waals surface area contributed by atoms with Crippen molar-refractivity contribution in [2.45, 2.75) is 55.8 Å². The fourth-order valence-corrected chi connectivity index (χ4v) is 4.89. The third kappa shape index (κ3) is 11.6. The Hall–Kier alpha value is 0.799. The van der Waals surface area contributed by atoms with Crippen LogP contribution in [0.2, 0.25) is 8.87 Å². The molecule has 0 saturated carbocycles. The summed E-state index contributed by atoms with van der Waals surface area (Å²) < 4.78 is 3.25. The Balaban J connectivity index is 0. The second kappa shape index (κ2) is 12.5. The van der Waals surface area contributed by atoms with Gasteiger partial charge in [0, 0.05) is 0 Å². The Morgan fingerprint density at radius 1 is 0.900 bits per heavy atom. The topological polar surface area (TPSA) is 0 Å². The molecule has 0 aromatic rings. The first-order valence-corrected chi connectivity index (χ1v) is 8.16. The summed E-state index contributed by atoms with van der Waals surface area (Å²) in [5, 5.41) is 0. The van der Waals surface area contributed by atoms with Crippen molar-refractivity contribution >= 4 is 21.1 Å². The standard InChI is InChI=1S/2C4H9.CH4.Sn/c2*1-3-4-2;;/h2*1,3-4H2,2H3;1H4;. The van der Waals surface area contributed by atoms with Gasteiger partial charge in [0.2, 0.25) is 0 Å². The van der Waals surface area contributed by atoms with Gasteiger partial charge in [-0.3, -0.25) is 0 Å². The number of rotatable bonds is 6. The van der Waals surface area contributed by atoms with Crippen LogP contribution in [0.5, 0.6) is 0 Å². The summed E-state index contributed by atoms with van der Waals surface area (Å²) in [7, 11) is 0. The van der Waals surface area contributed by atoms with Crippen LogP contribution in [0.25, 0.3) is 0 Å². The Bertz CT molecular complexity index is 38.0. The van der Waals surface area contributed by atoms with E-state index in [4.69, 9.17) is 0 Å². The molecule has 0 spiro atoms. The van der Waals surface area contributed by atoms with Gasteiger partial charge in [-0.1, -0.05) is 7.43 Å². The van der Waals surface area contributed by atoms with E-state index in [0.29, 0.717) is 0 Å². The average molecular weight is 249 g/mol. The van der Waals surface area contributed by atoms with Gasteiger partial charge in [-0.15, -0.1) is 0 Å². The van der Waals surface area contributed by atoms with Crippen LogP contribution >= 0.6 is 0 Å². The summed E-state index contributed by atoms with van der Waals surface area (Å²) >= 11 is 0.149. The molecule has 0 saturated heterocycles. The zero-order valence-corrected chi connectivity index (χ0v) is 9.60. The molecule has 0 aliphatic rings. The van der Waals surface area contributed by atoms with Crippen molar-refractivity contribution in [3.05, 3.63) is 0 Å². The normalized spacial score (nSPS) is 9.00. The monoisotopic (exact) mass is 250 g/mol. The Kier molecular flexibility index (Phi) is 16.7. The van der Waals surface area contributed by atoms with Crippen LogP contribution in [-0.4, -0.2) is 21.1 Å². The van der Waals surface area contributed by atoms with Crippen LogP contribution < -0.4 is 0 Å².